The van der Waals surface area contributed by atoms with Crippen LogP contribution in [0.2, 0.25) is 0 Å². The Hall–Kier alpha value is -1.42. The highest BCUT2D eigenvalue weighted by Crippen LogP contribution is 2.19. The van der Waals surface area contributed by atoms with E-state index in [-0.39, 0.29) is 0 Å². The molecular weight excluding hydrogens is 242 g/mol. The van der Waals surface area contributed by atoms with Crippen LogP contribution in [-0.4, -0.2) is 15.7 Å². The van der Waals surface area contributed by atoms with Crippen LogP contribution >= 0.6 is 12.2 Å². The molecule has 0 unspecified atom stereocenters. The molecule has 3 nitrogen and oxygen atoms in total. The van der Waals surface area contributed by atoms with E-state index in [0.717, 1.165) is 15.7 Å². The molecule has 1 fully saturated rings. The lowest BCUT2D eigenvalue weighted by Crippen LogP contribution is -2.30. The zero-order valence-corrected chi connectivity index (χ0v) is 11.1. The average molecular weight is 259 g/mol. The van der Waals surface area contributed by atoms with Gasteiger partial charge in [0.05, 0.1) is 0 Å². The Morgan fingerprint density at radius 2 is 2.00 bits per heavy atom. The third-order valence-corrected chi connectivity index (χ3v) is 3.89. The maximum Gasteiger partial charge on any atom is 0.159 e. The topological polar surface area (TPSA) is 29.9 Å². The zero-order chi connectivity index (χ0) is 12.4. The number of rotatable bonds is 2. The monoisotopic (exact) mass is 259 g/mol. The minimum absolute atomic E-state index is 0.526. The van der Waals surface area contributed by atoms with Gasteiger partial charge in [0, 0.05) is 17.6 Å². The molecule has 1 aliphatic rings. The van der Waals surface area contributed by atoms with Crippen molar-refractivity contribution < 1.29 is 0 Å². The number of hydrogen-bond acceptors (Lipinski definition) is 3. The molecule has 0 amide bonds. The van der Waals surface area contributed by atoms with Crippen LogP contribution in [0.3, 0.4) is 0 Å². The molecule has 4 heteroatoms. The van der Waals surface area contributed by atoms with Gasteiger partial charge in [-0.15, -0.1) is 0 Å². The number of nitrogens with one attached hydrogen (secondary N) is 1. The summed E-state index contributed by atoms with van der Waals surface area (Å²) in [5, 5.41) is 1.12. The first kappa shape index (κ1) is 11.7. The van der Waals surface area contributed by atoms with E-state index in [1.165, 1.54) is 32.1 Å². The number of nitrogens with zero attached hydrogens (tertiary/aromatic N) is 2. The molecule has 2 aromatic heterocycles. The predicted octanol–water partition coefficient (Wildman–Crippen LogP) is 3.64. The molecule has 2 aromatic rings. The van der Waals surface area contributed by atoms with Gasteiger partial charge in [0.25, 0.3) is 0 Å². The normalized spacial score (nSPS) is 16.9. The number of pyridine rings is 2. The molecule has 1 saturated carbocycles. The lowest BCUT2D eigenvalue weighted by Gasteiger charge is -2.25. The SMILES string of the molecule is S=c1ccc2cccnc2n1NC1CCCCC1. The molecule has 0 atom stereocenters. The second-order valence-corrected chi connectivity index (χ2v) is 5.31. The van der Waals surface area contributed by atoms with Crippen molar-refractivity contribution in [3.8, 4) is 0 Å². The van der Waals surface area contributed by atoms with E-state index in [0.29, 0.717) is 6.04 Å². The molecule has 94 valence electrons. The second kappa shape index (κ2) is 5.06. The predicted molar refractivity (Wildman–Crippen MR) is 76.8 cm³/mol. The van der Waals surface area contributed by atoms with Crippen LogP contribution in [0.1, 0.15) is 32.1 Å². The summed E-state index contributed by atoms with van der Waals surface area (Å²) in [5.74, 6) is 0. The Morgan fingerprint density at radius 1 is 1.17 bits per heavy atom. The van der Waals surface area contributed by atoms with Crippen molar-refractivity contribution in [2.75, 3.05) is 5.43 Å². The summed E-state index contributed by atoms with van der Waals surface area (Å²) in [6.45, 7) is 0. The fourth-order valence-electron chi connectivity index (χ4n) is 2.61. The minimum atomic E-state index is 0.526. The van der Waals surface area contributed by atoms with Gasteiger partial charge in [-0.05, 0) is 37.1 Å². The van der Waals surface area contributed by atoms with Crippen molar-refractivity contribution in [3.63, 3.8) is 0 Å². The first-order chi connectivity index (χ1) is 8.84. The number of hydrogen-bond donors (Lipinski definition) is 1. The van der Waals surface area contributed by atoms with Gasteiger partial charge in [0.15, 0.2) is 5.65 Å². The molecule has 0 aromatic carbocycles. The maximum atomic E-state index is 5.41. The summed E-state index contributed by atoms with van der Waals surface area (Å²) < 4.78 is 2.77. The first-order valence-electron chi connectivity index (χ1n) is 6.58. The van der Waals surface area contributed by atoms with Crippen LogP contribution in [0.15, 0.2) is 30.5 Å². The summed E-state index contributed by atoms with van der Waals surface area (Å²) >= 11 is 5.41. The fraction of sp³-hybridized carbons (Fsp3) is 0.429. The van der Waals surface area contributed by atoms with Crippen LogP contribution in [0.5, 0.6) is 0 Å². The Labute approximate surface area is 112 Å². The third-order valence-electron chi connectivity index (χ3n) is 3.57. The second-order valence-electron chi connectivity index (χ2n) is 4.89. The molecule has 3 rings (SSSR count). The summed E-state index contributed by atoms with van der Waals surface area (Å²) in [7, 11) is 0. The van der Waals surface area contributed by atoms with Gasteiger partial charge >= 0.3 is 0 Å². The van der Waals surface area contributed by atoms with Crippen molar-refractivity contribution >= 4 is 23.3 Å². The van der Waals surface area contributed by atoms with E-state index in [2.05, 4.69) is 16.5 Å². The van der Waals surface area contributed by atoms with Gasteiger partial charge in [0.1, 0.15) is 4.64 Å². The fourth-order valence-corrected chi connectivity index (χ4v) is 2.81. The molecule has 2 heterocycles. The van der Waals surface area contributed by atoms with Crippen LogP contribution in [0, 0.1) is 4.64 Å². The summed E-state index contributed by atoms with van der Waals surface area (Å²) in [6.07, 6.45) is 8.25. The standard InChI is InChI=1S/C14H17N3S/c18-13-9-8-11-5-4-10-15-14(11)17(13)16-12-6-2-1-3-7-12/h4-5,8-10,12,16H,1-3,6-7H2. The van der Waals surface area contributed by atoms with Crippen molar-refractivity contribution in [2.45, 2.75) is 38.1 Å². The lowest BCUT2D eigenvalue weighted by molar-refractivity contribution is 0.439. The molecular formula is C14H17N3S. The van der Waals surface area contributed by atoms with Crippen LogP contribution in [0.25, 0.3) is 11.0 Å². The average Bonchev–Trinajstić information content (AvgIpc) is 2.43. The van der Waals surface area contributed by atoms with E-state index in [9.17, 15) is 0 Å². The Bertz CT molecular complexity index is 599. The van der Waals surface area contributed by atoms with E-state index < -0.39 is 0 Å². The molecule has 1 N–H and O–H groups in total. The van der Waals surface area contributed by atoms with E-state index in [1.54, 1.807) is 0 Å². The highest BCUT2D eigenvalue weighted by Gasteiger charge is 2.14. The van der Waals surface area contributed by atoms with E-state index >= 15 is 0 Å². The first-order valence-corrected chi connectivity index (χ1v) is 6.99. The third kappa shape index (κ3) is 2.25. The van der Waals surface area contributed by atoms with Crippen LogP contribution in [-0.2, 0) is 0 Å². The molecule has 0 saturated heterocycles. The van der Waals surface area contributed by atoms with Crippen molar-refractivity contribution in [3.05, 3.63) is 35.1 Å². The maximum absolute atomic E-state index is 5.41. The molecule has 1 aliphatic carbocycles. The number of aromatic nitrogens is 2. The van der Waals surface area contributed by atoms with Crippen molar-refractivity contribution in [2.24, 2.45) is 0 Å². The van der Waals surface area contributed by atoms with Gasteiger partial charge < -0.3 is 5.43 Å². The van der Waals surface area contributed by atoms with Crippen molar-refractivity contribution in [1.82, 2.24) is 9.66 Å². The molecule has 0 spiro atoms. The summed E-state index contributed by atoms with van der Waals surface area (Å²) in [6, 6.07) is 8.55. The summed E-state index contributed by atoms with van der Waals surface area (Å²) in [4.78, 5) is 4.44. The van der Waals surface area contributed by atoms with Crippen LogP contribution in [0.4, 0.5) is 0 Å². The summed E-state index contributed by atoms with van der Waals surface area (Å²) in [5.41, 5.74) is 4.47. The quantitative estimate of drug-likeness (QED) is 0.835. The Kier molecular flexibility index (Phi) is 3.28. The Morgan fingerprint density at radius 3 is 2.83 bits per heavy atom. The largest absolute Gasteiger partial charge is 0.320 e. The molecule has 0 aliphatic heterocycles. The molecule has 18 heavy (non-hydrogen) atoms. The van der Waals surface area contributed by atoms with E-state index in [4.69, 9.17) is 12.2 Å². The van der Waals surface area contributed by atoms with Gasteiger partial charge in [0.2, 0.25) is 0 Å². The van der Waals surface area contributed by atoms with Crippen molar-refractivity contribution in [1.29, 1.82) is 0 Å². The highest BCUT2D eigenvalue weighted by atomic mass is 32.1. The van der Waals surface area contributed by atoms with Gasteiger partial charge in [-0.1, -0.05) is 31.5 Å². The molecule has 0 bridgehead atoms. The van der Waals surface area contributed by atoms with E-state index in [1.807, 2.05) is 29.1 Å². The Balaban J connectivity index is 1.99. The number of fused-ring (bicyclic) bond motifs is 1. The molecule has 0 radical (unpaired) electrons. The highest BCUT2D eigenvalue weighted by molar-refractivity contribution is 7.71. The van der Waals surface area contributed by atoms with Gasteiger partial charge in [-0.3, -0.25) is 0 Å². The van der Waals surface area contributed by atoms with Gasteiger partial charge in [-0.2, -0.15) is 0 Å². The zero-order valence-electron chi connectivity index (χ0n) is 10.3. The minimum Gasteiger partial charge on any atom is -0.320 e. The van der Waals surface area contributed by atoms with Crippen LogP contribution < -0.4 is 5.43 Å². The smallest absolute Gasteiger partial charge is 0.159 e. The van der Waals surface area contributed by atoms with Gasteiger partial charge in [-0.25, -0.2) is 9.66 Å². The lowest BCUT2D eigenvalue weighted by atomic mass is 9.96.